The molecule has 3 rings (SSSR count). The van der Waals surface area contributed by atoms with Gasteiger partial charge in [0.1, 0.15) is 5.75 Å². The monoisotopic (exact) mass is 483 g/mol. The van der Waals surface area contributed by atoms with Gasteiger partial charge in [0.05, 0.1) is 12.7 Å². The number of unbranched alkanes of at least 4 members (excludes halogenated alkanes) is 3. The van der Waals surface area contributed by atoms with Gasteiger partial charge in [-0.25, -0.2) is 0 Å². The maximum Gasteiger partial charge on any atom is 0.257 e. The molecule has 0 aliphatic carbocycles. The van der Waals surface area contributed by atoms with Gasteiger partial charge in [0.25, 0.3) is 11.8 Å². The van der Waals surface area contributed by atoms with Gasteiger partial charge in [-0.15, -0.1) is 0 Å². The molecule has 0 spiro atoms. The van der Waals surface area contributed by atoms with Crippen molar-refractivity contribution < 1.29 is 19.1 Å². The molecule has 7 nitrogen and oxygen atoms in total. The van der Waals surface area contributed by atoms with E-state index in [0.29, 0.717) is 30.0 Å². The van der Waals surface area contributed by atoms with Crippen molar-refractivity contribution in [2.24, 2.45) is 0 Å². The number of anilines is 1. The number of carbonyl (C=O) groups is 2. The van der Waals surface area contributed by atoms with Crippen LogP contribution in [0.1, 0.15) is 66.2 Å². The highest BCUT2D eigenvalue weighted by atomic mass is 32.1. The molecule has 2 aromatic rings. The van der Waals surface area contributed by atoms with E-state index in [1.165, 1.54) is 12.8 Å². The van der Waals surface area contributed by atoms with Crippen LogP contribution in [0.2, 0.25) is 0 Å². The van der Waals surface area contributed by atoms with E-state index in [9.17, 15) is 9.59 Å². The first-order valence-electron chi connectivity index (χ1n) is 11.9. The number of hydrogen-bond acceptors (Lipinski definition) is 5. The van der Waals surface area contributed by atoms with Crippen molar-refractivity contribution in [3.63, 3.8) is 0 Å². The lowest BCUT2D eigenvalue weighted by molar-refractivity contribution is 0.0857. The summed E-state index contributed by atoms with van der Waals surface area (Å²) in [6.07, 6.45) is 6.66. The maximum atomic E-state index is 12.5. The minimum absolute atomic E-state index is 0.0828. The summed E-state index contributed by atoms with van der Waals surface area (Å²) in [6.45, 7) is 4.09. The van der Waals surface area contributed by atoms with E-state index in [0.717, 1.165) is 38.0 Å². The summed E-state index contributed by atoms with van der Waals surface area (Å²) in [7, 11) is 0. The molecule has 2 amide bonds. The minimum atomic E-state index is -0.322. The summed E-state index contributed by atoms with van der Waals surface area (Å²) in [5.74, 6) is 0.238. The third-order valence-corrected chi connectivity index (χ3v) is 5.71. The van der Waals surface area contributed by atoms with E-state index < -0.39 is 0 Å². The van der Waals surface area contributed by atoms with Crippen LogP contribution in [0.5, 0.6) is 5.75 Å². The molecular formula is C26H33N3O4S. The Kier molecular flexibility index (Phi) is 10.3. The molecule has 34 heavy (non-hydrogen) atoms. The molecule has 0 aromatic heterocycles. The van der Waals surface area contributed by atoms with Crippen LogP contribution < -0.4 is 20.7 Å². The SMILES string of the molecule is CCCCCCOc1ccc(C(=O)NC(=S)Nc2cccc(C(=O)NCC3CCCO3)c2)cc1. The Bertz CT molecular complexity index is 959. The quantitative estimate of drug-likeness (QED) is 0.318. The minimum Gasteiger partial charge on any atom is -0.494 e. The van der Waals surface area contributed by atoms with Crippen LogP contribution in [-0.2, 0) is 4.74 Å². The van der Waals surface area contributed by atoms with Gasteiger partial charge in [-0.3, -0.25) is 14.9 Å². The summed E-state index contributed by atoms with van der Waals surface area (Å²) in [5, 5.41) is 8.67. The van der Waals surface area contributed by atoms with Gasteiger partial charge in [0, 0.05) is 30.0 Å². The molecule has 182 valence electrons. The van der Waals surface area contributed by atoms with Crippen molar-refractivity contribution in [3.8, 4) is 5.75 Å². The van der Waals surface area contributed by atoms with Gasteiger partial charge in [0.2, 0.25) is 0 Å². The standard InChI is InChI=1S/C26H33N3O4S/c1-2-3-4-5-15-32-22-13-11-19(12-14-22)25(31)29-26(34)28-21-9-6-8-20(17-21)24(30)27-18-23-10-7-16-33-23/h6,8-9,11-14,17,23H,2-5,7,10,15-16,18H2,1H3,(H,27,30)(H2,28,29,31,34). The Labute approximate surface area is 206 Å². The van der Waals surface area contributed by atoms with Crippen LogP contribution >= 0.6 is 12.2 Å². The number of rotatable bonds is 11. The van der Waals surface area contributed by atoms with Gasteiger partial charge in [0.15, 0.2) is 5.11 Å². The number of thiocarbonyl (C=S) groups is 1. The van der Waals surface area contributed by atoms with Crippen molar-refractivity contribution in [1.82, 2.24) is 10.6 Å². The Morgan fingerprint density at radius 2 is 1.88 bits per heavy atom. The molecule has 1 aliphatic rings. The van der Waals surface area contributed by atoms with E-state index in [1.54, 1.807) is 48.5 Å². The lowest BCUT2D eigenvalue weighted by Crippen LogP contribution is -2.34. The lowest BCUT2D eigenvalue weighted by Gasteiger charge is -2.13. The van der Waals surface area contributed by atoms with Crippen LogP contribution in [0.4, 0.5) is 5.69 Å². The fraction of sp³-hybridized carbons (Fsp3) is 0.423. The van der Waals surface area contributed by atoms with Crippen molar-refractivity contribution >= 4 is 34.8 Å². The van der Waals surface area contributed by atoms with Crippen molar-refractivity contribution in [3.05, 3.63) is 59.7 Å². The predicted molar refractivity (Wildman–Crippen MR) is 138 cm³/mol. The third-order valence-electron chi connectivity index (χ3n) is 5.51. The van der Waals surface area contributed by atoms with Crippen LogP contribution in [-0.4, -0.2) is 42.8 Å². The molecule has 1 unspecified atom stereocenters. The molecule has 8 heteroatoms. The zero-order valence-electron chi connectivity index (χ0n) is 19.6. The number of nitrogens with one attached hydrogen (secondary N) is 3. The normalized spacial score (nSPS) is 14.9. The fourth-order valence-corrected chi connectivity index (χ4v) is 3.82. The van der Waals surface area contributed by atoms with E-state index in [1.807, 2.05) is 0 Å². The van der Waals surface area contributed by atoms with Crippen LogP contribution in [0.25, 0.3) is 0 Å². The maximum absolute atomic E-state index is 12.5. The molecule has 2 aromatic carbocycles. The molecule has 0 saturated carbocycles. The average molecular weight is 484 g/mol. The van der Waals surface area contributed by atoms with Crippen molar-refractivity contribution in [1.29, 1.82) is 0 Å². The van der Waals surface area contributed by atoms with Crippen molar-refractivity contribution in [2.75, 3.05) is 25.1 Å². The van der Waals surface area contributed by atoms with Gasteiger partial charge >= 0.3 is 0 Å². The first-order chi connectivity index (χ1) is 16.5. The molecular weight excluding hydrogens is 450 g/mol. The zero-order valence-corrected chi connectivity index (χ0v) is 20.4. The molecule has 3 N–H and O–H groups in total. The van der Waals surface area contributed by atoms with E-state index in [2.05, 4.69) is 22.9 Å². The largest absolute Gasteiger partial charge is 0.494 e. The predicted octanol–water partition coefficient (Wildman–Crippen LogP) is 4.68. The molecule has 1 fully saturated rings. The molecule has 0 radical (unpaired) electrons. The first-order valence-corrected chi connectivity index (χ1v) is 12.3. The smallest absolute Gasteiger partial charge is 0.257 e. The average Bonchev–Trinajstić information content (AvgIpc) is 3.36. The summed E-state index contributed by atoms with van der Waals surface area (Å²) < 4.78 is 11.2. The second-order valence-electron chi connectivity index (χ2n) is 8.27. The summed E-state index contributed by atoms with van der Waals surface area (Å²) in [4.78, 5) is 25.0. The lowest BCUT2D eigenvalue weighted by atomic mass is 10.1. The highest BCUT2D eigenvalue weighted by Crippen LogP contribution is 2.15. The number of amides is 2. The Morgan fingerprint density at radius 3 is 2.62 bits per heavy atom. The molecule has 0 bridgehead atoms. The van der Waals surface area contributed by atoms with Crippen LogP contribution in [0.3, 0.4) is 0 Å². The number of ether oxygens (including phenoxy) is 2. The van der Waals surface area contributed by atoms with Crippen LogP contribution in [0, 0.1) is 0 Å². The van der Waals surface area contributed by atoms with Crippen LogP contribution in [0.15, 0.2) is 48.5 Å². The van der Waals surface area contributed by atoms with Gasteiger partial charge < -0.3 is 20.1 Å². The summed E-state index contributed by atoms with van der Waals surface area (Å²) >= 11 is 5.28. The fourth-order valence-electron chi connectivity index (χ4n) is 3.61. The summed E-state index contributed by atoms with van der Waals surface area (Å²) in [5.41, 5.74) is 1.59. The van der Waals surface area contributed by atoms with Gasteiger partial charge in [-0.1, -0.05) is 32.3 Å². The highest BCUT2D eigenvalue weighted by Gasteiger charge is 2.17. The van der Waals surface area contributed by atoms with Crippen molar-refractivity contribution in [2.45, 2.75) is 51.6 Å². The topological polar surface area (TPSA) is 88.7 Å². The second kappa shape index (κ2) is 13.7. The number of benzene rings is 2. The highest BCUT2D eigenvalue weighted by molar-refractivity contribution is 7.80. The first kappa shape index (κ1) is 25.6. The second-order valence-corrected chi connectivity index (χ2v) is 8.68. The Morgan fingerprint density at radius 1 is 1.06 bits per heavy atom. The third kappa shape index (κ3) is 8.43. The number of carbonyl (C=O) groups excluding carboxylic acids is 2. The molecule has 1 saturated heterocycles. The number of hydrogen-bond donors (Lipinski definition) is 3. The molecule has 1 aliphatic heterocycles. The summed E-state index contributed by atoms with van der Waals surface area (Å²) in [6, 6.07) is 13.9. The van der Waals surface area contributed by atoms with E-state index in [-0.39, 0.29) is 23.0 Å². The van der Waals surface area contributed by atoms with Gasteiger partial charge in [-0.05, 0) is 73.9 Å². The zero-order chi connectivity index (χ0) is 24.2. The molecule has 1 heterocycles. The Hall–Kier alpha value is -2.97. The van der Waals surface area contributed by atoms with E-state index >= 15 is 0 Å². The van der Waals surface area contributed by atoms with Gasteiger partial charge in [-0.2, -0.15) is 0 Å². The Balaban J connectivity index is 1.45. The van der Waals surface area contributed by atoms with E-state index in [4.69, 9.17) is 21.7 Å². The molecule has 1 atom stereocenters.